The second-order valence-corrected chi connectivity index (χ2v) is 8.43. The van der Waals surface area contributed by atoms with Crippen molar-refractivity contribution in [2.75, 3.05) is 32.8 Å². The number of benzene rings is 2. The number of aryl methyl sites for hydroxylation is 1. The maximum atomic E-state index is 13.6. The van der Waals surface area contributed by atoms with Crippen molar-refractivity contribution >= 4 is 22.8 Å². The van der Waals surface area contributed by atoms with Gasteiger partial charge in [0, 0.05) is 13.1 Å². The van der Waals surface area contributed by atoms with E-state index in [-0.39, 0.29) is 23.7 Å². The molecule has 8 nitrogen and oxygen atoms in total. The summed E-state index contributed by atoms with van der Waals surface area (Å²) in [4.78, 5) is 42.0. The van der Waals surface area contributed by atoms with E-state index in [0.717, 1.165) is 24.2 Å². The van der Waals surface area contributed by atoms with Crippen LogP contribution >= 0.6 is 0 Å². The number of hydrogen-bond donors (Lipinski definition) is 1. The molecule has 1 unspecified atom stereocenters. The molecule has 0 radical (unpaired) electrons. The summed E-state index contributed by atoms with van der Waals surface area (Å²) in [6, 6.07) is 11.8. The number of primary amides is 1. The quantitative estimate of drug-likeness (QED) is 0.523. The molecule has 1 atom stereocenters. The summed E-state index contributed by atoms with van der Waals surface area (Å²) in [5, 5.41) is 0.462. The molecule has 2 aromatic carbocycles. The summed E-state index contributed by atoms with van der Waals surface area (Å²) >= 11 is 0. The van der Waals surface area contributed by atoms with Gasteiger partial charge in [0.15, 0.2) is 12.0 Å². The molecule has 2 heterocycles. The Morgan fingerprint density at radius 1 is 1.12 bits per heavy atom. The zero-order valence-electron chi connectivity index (χ0n) is 19.7. The summed E-state index contributed by atoms with van der Waals surface area (Å²) in [6.07, 6.45) is 0. The Hall–Kier alpha value is -3.65. The van der Waals surface area contributed by atoms with E-state index in [4.69, 9.17) is 14.9 Å². The Labute approximate surface area is 197 Å². The average molecular weight is 464 g/mol. The number of amides is 2. The topological polar surface area (TPSA) is 106 Å². The minimum atomic E-state index is -0.579. The van der Waals surface area contributed by atoms with Gasteiger partial charge >= 0.3 is 0 Å². The molecule has 178 valence electrons. The number of hydrogen-bond acceptors (Lipinski definition) is 6. The SMILES string of the molecule is CCN(CC)CCN1C(=O)c2oc3ccc(C)cc3c(=O)c2C1c1ccc(OCC(N)=O)cc1. The maximum absolute atomic E-state index is 13.6. The van der Waals surface area contributed by atoms with Crippen LogP contribution in [0.25, 0.3) is 11.0 Å². The van der Waals surface area contributed by atoms with Crippen molar-refractivity contribution in [2.45, 2.75) is 26.8 Å². The van der Waals surface area contributed by atoms with Crippen LogP contribution in [-0.2, 0) is 4.79 Å². The lowest BCUT2D eigenvalue weighted by Crippen LogP contribution is -2.37. The number of ether oxygens (including phenoxy) is 1. The van der Waals surface area contributed by atoms with Crippen molar-refractivity contribution in [1.29, 1.82) is 0 Å². The van der Waals surface area contributed by atoms with Gasteiger partial charge in [0.25, 0.3) is 11.8 Å². The largest absolute Gasteiger partial charge is 0.484 e. The molecule has 0 saturated carbocycles. The van der Waals surface area contributed by atoms with Gasteiger partial charge in [-0.05, 0) is 49.8 Å². The standard InChI is InChI=1S/C26H29N3O5/c1-4-28(5-2)12-13-29-23(17-7-9-18(10-8-17)33-15-21(27)30)22-24(31)19-14-16(3)6-11-20(19)34-25(22)26(29)32/h6-11,14,23H,4-5,12-13,15H2,1-3H3,(H2,27,30). The van der Waals surface area contributed by atoms with Crippen LogP contribution in [0.15, 0.2) is 51.7 Å². The van der Waals surface area contributed by atoms with E-state index < -0.39 is 11.9 Å². The second kappa shape index (κ2) is 9.69. The lowest BCUT2D eigenvalue weighted by atomic mass is 9.98. The molecular weight excluding hydrogens is 434 g/mol. The summed E-state index contributed by atoms with van der Waals surface area (Å²) in [7, 11) is 0. The molecule has 0 saturated heterocycles. The molecule has 4 rings (SSSR count). The van der Waals surface area contributed by atoms with Crippen LogP contribution < -0.4 is 15.9 Å². The summed E-state index contributed by atoms with van der Waals surface area (Å²) in [6.45, 7) is 8.69. The molecular formula is C26H29N3O5. The van der Waals surface area contributed by atoms with Crippen LogP contribution in [0, 0.1) is 6.92 Å². The van der Waals surface area contributed by atoms with E-state index in [9.17, 15) is 14.4 Å². The van der Waals surface area contributed by atoms with Crippen molar-refractivity contribution in [1.82, 2.24) is 9.80 Å². The van der Waals surface area contributed by atoms with Crippen LogP contribution in [0.3, 0.4) is 0 Å². The molecule has 8 heteroatoms. The number of nitrogens with zero attached hydrogens (tertiary/aromatic N) is 2. The van der Waals surface area contributed by atoms with Crippen molar-refractivity contribution in [3.63, 3.8) is 0 Å². The van der Waals surface area contributed by atoms with Crippen molar-refractivity contribution in [2.24, 2.45) is 5.73 Å². The first-order chi connectivity index (χ1) is 16.3. The van der Waals surface area contributed by atoms with E-state index in [2.05, 4.69) is 18.7 Å². The number of carbonyl (C=O) groups excluding carboxylic acids is 2. The first kappa shape index (κ1) is 23.5. The van der Waals surface area contributed by atoms with E-state index in [0.29, 0.717) is 35.4 Å². The third-order valence-electron chi connectivity index (χ3n) is 6.25. The third-order valence-corrected chi connectivity index (χ3v) is 6.25. The Bertz CT molecular complexity index is 1280. The number of likely N-dealkylation sites (N-methyl/N-ethyl adjacent to an activating group) is 1. The molecule has 0 fully saturated rings. The van der Waals surface area contributed by atoms with Crippen LogP contribution in [0.1, 0.15) is 47.1 Å². The van der Waals surface area contributed by atoms with E-state index in [1.807, 2.05) is 13.0 Å². The van der Waals surface area contributed by atoms with Gasteiger partial charge in [-0.25, -0.2) is 0 Å². The zero-order valence-corrected chi connectivity index (χ0v) is 19.7. The monoisotopic (exact) mass is 463 g/mol. The first-order valence-electron chi connectivity index (χ1n) is 11.5. The minimum Gasteiger partial charge on any atom is -0.484 e. The molecule has 0 aliphatic carbocycles. The highest BCUT2D eigenvalue weighted by Gasteiger charge is 2.42. The molecule has 2 amide bonds. The van der Waals surface area contributed by atoms with Crippen molar-refractivity contribution in [3.8, 4) is 5.75 Å². The van der Waals surface area contributed by atoms with Crippen LogP contribution in [-0.4, -0.2) is 54.4 Å². The van der Waals surface area contributed by atoms with Crippen LogP contribution in [0.4, 0.5) is 0 Å². The van der Waals surface area contributed by atoms with Gasteiger partial charge in [0.2, 0.25) is 5.76 Å². The van der Waals surface area contributed by atoms with Gasteiger partial charge in [0.1, 0.15) is 11.3 Å². The fourth-order valence-electron chi connectivity index (χ4n) is 4.40. The maximum Gasteiger partial charge on any atom is 0.290 e. The lowest BCUT2D eigenvalue weighted by Gasteiger charge is -2.28. The number of carbonyl (C=O) groups is 2. The van der Waals surface area contributed by atoms with Crippen molar-refractivity contribution < 1.29 is 18.7 Å². The Balaban J connectivity index is 1.79. The Morgan fingerprint density at radius 3 is 2.47 bits per heavy atom. The molecule has 1 aliphatic rings. The summed E-state index contributed by atoms with van der Waals surface area (Å²) in [5.74, 6) is -0.287. The Morgan fingerprint density at radius 2 is 1.82 bits per heavy atom. The molecule has 0 spiro atoms. The van der Waals surface area contributed by atoms with Gasteiger partial charge in [0.05, 0.1) is 17.0 Å². The fraction of sp³-hybridized carbons (Fsp3) is 0.346. The predicted molar refractivity (Wildman–Crippen MR) is 129 cm³/mol. The average Bonchev–Trinajstić information content (AvgIpc) is 3.11. The van der Waals surface area contributed by atoms with Crippen molar-refractivity contribution in [3.05, 3.63) is 75.1 Å². The molecule has 0 bridgehead atoms. The predicted octanol–water partition coefficient (Wildman–Crippen LogP) is 2.85. The van der Waals surface area contributed by atoms with E-state index in [1.165, 1.54) is 0 Å². The molecule has 3 aromatic rings. The minimum absolute atomic E-state index is 0.0972. The molecule has 34 heavy (non-hydrogen) atoms. The Kier molecular flexibility index (Phi) is 6.70. The smallest absolute Gasteiger partial charge is 0.290 e. The summed E-state index contributed by atoms with van der Waals surface area (Å²) in [5.41, 5.74) is 7.42. The molecule has 1 aromatic heterocycles. The zero-order chi connectivity index (χ0) is 24.4. The van der Waals surface area contributed by atoms with E-state index in [1.54, 1.807) is 41.3 Å². The third kappa shape index (κ3) is 4.41. The highest BCUT2D eigenvalue weighted by atomic mass is 16.5. The molecule has 1 aliphatic heterocycles. The van der Waals surface area contributed by atoms with E-state index >= 15 is 0 Å². The first-order valence-corrected chi connectivity index (χ1v) is 11.5. The fourth-order valence-corrected chi connectivity index (χ4v) is 4.40. The van der Waals surface area contributed by atoms with Gasteiger partial charge < -0.3 is 24.7 Å². The second-order valence-electron chi connectivity index (χ2n) is 8.43. The number of fused-ring (bicyclic) bond motifs is 2. The van der Waals surface area contributed by atoms with Gasteiger partial charge in [-0.1, -0.05) is 37.6 Å². The highest BCUT2D eigenvalue weighted by molar-refractivity contribution is 5.99. The summed E-state index contributed by atoms with van der Waals surface area (Å²) < 4.78 is 11.4. The number of rotatable bonds is 9. The van der Waals surface area contributed by atoms with Gasteiger partial charge in [-0.15, -0.1) is 0 Å². The van der Waals surface area contributed by atoms with Crippen LogP contribution in [0.5, 0.6) is 5.75 Å². The van der Waals surface area contributed by atoms with Gasteiger partial charge in [-0.3, -0.25) is 14.4 Å². The lowest BCUT2D eigenvalue weighted by molar-refractivity contribution is -0.119. The highest BCUT2D eigenvalue weighted by Crippen LogP contribution is 2.38. The number of nitrogens with two attached hydrogens (primary N) is 1. The van der Waals surface area contributed by atoms with Gasteiger partial charge in [-0.2, -0.15) is 0 Å². The normalized spacial score (nSPS) is 15.2. The van der Waals surface area contributed by atoms with Crippen LogP contribution in [0.2, 0.25) is 0 Å². The molecule has 2 N–H and O–H groups in total.